The molecule has 1 saturated heterocycles. The molecule has 1 amide bonds. The smallest absolute Gasteiger partial charge is 0.239 e. The highest BCUT2D eigenvalue weighted by Crippen LogP contribution is 2.21. The molecule has 0 aromatic heterocycles. The second-order valence-corrected chi connectivity index (χ2v) is 5.29. The lowest BCUT2D eigenvalue weighted by molar-refractivity contribution is -0.125. The summed E-state index contributed by atoms with van der Waals surface area (Å²) in [6.45, 7) is 3.62. The maximum atomic E-state index is 11.8. The molecule has 18 heavy (non-hydrogen) atoms. The number of carbonyl (C=O) groups excluding carboxylic acids is 1. The van der Waals surface area contributed by atoms with Crippen LogP contribution in [0.1, 0.15) is 25.7 Å². The monoisotopic (exact) mass is 255 g/mol. The first kappa shape index (κ1) is 13.8. The predicted molar refractivity (Wildman–Crippen MR) is 70.5 cm³/mol. The van der Waals surface area contributed by atoms with Crippen molar-refractivity contribution in [3.05, 3.63) is 0 Å². The van der Waals surface area contributed by atoms with Gasteiger partial charge in [-0.05, 0) is 19.9 Å². The first-order chi connectivity index (χ1) is 8.77. The molecule has 0 aromatic rings. The van der Waals surface area contributed by atoms with Crippen LogP contribution in [0.5, 0.6) is 0 Å². The Morgan fingerprint density at radius 2 is 2.22 bits per heavy atom. The Kier molecular flexibility index (Phi) is 5.41. The van der Waals surface area contributed by atoms with Gasteiger partial charge in [0, 0.05) is 25.7 Å². The van der Waals surface area contributed by atoms with Gasteiger partial charge in [-0.2, -0.15) is 0 Å². The van der Waals surface area contributed by atoms with Crippen LogP contribution in [0.3, 0.4) is 0 Å². The third-order valence-electron chi connectivity index (χ3n) is 3.95. The highest BCUT2D eigenvalue weighted by atomic mass is 16.5. The Hall–Kier alpha value is -0.650. The lowest BCUT2D eigenvalue weighted by atomic mass is 10.2. The largest absolute Gasteiger partial charge is 0.378 e. The van der Waals surface area contributed by atoms with Crippen LogP contribution in [0.15, 0.2) is 0 Å². The van der Waals surface area contributed by atoms with E-state index in [4.69, 9.17) is 4.74 Å². The molecule has 0 bridgehead atoms. The van der Waals surface area contributed by atoms with Crippen molar-refractivity contribution in [2.75, 3.05) is 39.9 Å². The summed E-state index contributed by atoms with van der Waals surface area (Å²) in [5.74, 6) is 0.0644. The Bertz CT molecular complexity index is 261. The molecular weight excluding hydrogens is 230 g/mol. The number of ether oxygens (including phenoxy) is 1. The minimum absolute atomic E-state index is 0.0644. The Balaban J connectivity index is 1.60. The molecule has 5 heteroatoms. The zero-order valence-electron chi connectivity index (χ0n) is 11.3. The number of hydrogen-bond donors (Lipinski definition) is 2. The van der Waals surface area contributed by atoms with E-state index in [1.807, 2.05) is 0 Å². The van der Waals surface area contributed by atoms with E-state index in [1.54, 1.807) is 0 Å². The van der Waals surface area contributed by atoms with E-state index in [1.165, 1.54) is 25.7 Å². The highest BCUT2D eigenvalue weighted by molar-refractivity contribution is 5.81. The van der Waals surface area contributed by atoms with Crippen molar-refractivity contribution in [3.63, 3.8) is 0 Å². The van der Waals surface area contributed by atoms with E-state index in [0.29, 0.717) is 13.2 Å². The van der Waals surface area contributed by atoms with Crippen molar-refractivity contribution < 1.29 is 9.53 Å². The van der Waals surface area contributed by atoms with Crippen molar-refractivity contribution >= 4 is 5.91 Å². The number of likely N-dealkylation sites (N-methyl/N-ethyl adjacent to an activating group) is 1. The number of morpholine rings is 1. The summed E-state index contributed by atoms with van der Waals surface area (Å²) in [5, 5.41) is 6.15. The summed E-state index contributed by atoms with van der Waals surface area (Å²) in [6.07, 6.45) is 5.32. The van der Waals surface area contributed by atoms with Gasteiger partial charge in [0.05, 0.1) is 13.2 Å². The number of hydrogen-bond acceptors (Lipinski definition) is 4. The minimum atomic E-state index is -0.171. The van der Waals surface area contributed by atoms with Crippen LogP contribution in [0.25, 0.3) is 0 Å². The van der Waals surface area contributed by atoms with E-state index >= 15 is 0 Å². The molecule has 1 aliphatic carbocycles. The molecule has 2 aliphatic rings. The average molecular weight is 255 g/mol. The molecule has 1 saturated carbocycles. The normalized spacial score (nSPS) is 25.6. The van der Waals surface area contributed by atoms with Gasteiger partial charge in [-0.1, -0.05) is 12.8 Å². The number of carbonyl (C=O) groups is 1. The number of rotatable bonds is 5. The predicted octanol–water partition coefficient (Wildman–Crippen LogP) is -0.0346. The van der Waals surface area contributed by atoms with Gasteiger partial charge >= 0.3 is 0 Å². The molecule has 0 spiro atoms. The lowest BCUT2D eigenvalue weighted by Crippen LogP contribution is -2.52. The van der Waals surface area contributed by atoms with Crippen LogP contribution in [0, 0.1) is 0 Å². The SMILES string of the molecule is CN(CCNC(=O)C1COCCN1)C1CCCC1. The molecule has 1 aliphatic heterocycles. The summed E-state index contributed by atoms with van der Waals surface area (Å²) >= 11 is 0. The third-order valence-corrected chi connectivity index (χ3v) is 3.95. The van der Waals surface area contributed by atoms with Crippen LogP contribution in [0.2, 0.25) is 0 Å². The summed E-state index contributed by atoms with van der Waals surface area (Å²) < 4.78 is 5.28. The van der Waals surface area contributed by atoms with E-state index in [-0.39, 0.29) is 11.9 Å². The minimum Gasteiger partial charge on any atom is -0.378 e. The van der Waals surface area contributed by atoms with Gasteiger partial charge in [0.25, 0.3) is 0 Å². The van der Waals surface area contributed by atoms with E-state index in [0.717, 1.165) is 25.7 Å². The highest BCUT2D eigenvalue weighted by Gasteiger charge is 2.22. The lowest BCUT2D eigenvalue weighted by Gasteiger charge is -2.26. The zero-order valence-corrected chi connectivity index (χ0v) is 11.3. The quantitative estimate of drug-likeness (QED) is 0.724. The topological polar surface area (TPSA) is 53.6 Å². The molecule has 104 valence electrons. The van der Waals surface area contributed by atoms with E-state index in [9.17, 15) is 4.79 Å². The molecule has 1 unspecified atom stereocenters. The molecule has 1 heterocycles. The second kappa shape index (κ2) is 7.07. The van der Waals surface area contributed by atoms with Crippen LogP contribution in [0.4, 0.5) is 0 Å². The molecule has 5 nitrogen and oxygen atoms in total. The third kappa shape index (κ3) is 3.93. The van der Waals surface area contributed by atoms with Gasteiger partial charge < -0.3 is 20.3 Å². The van der Waals surface area contributed by atoms with Gasteiger partial charge in [0.15, 0.2) is 0 Å². The van der Waals surface area contributed by atoms with E-state index in [2.05, 4.69) is 22.6 Å². The summed E-state index contributed by atoms with van der Waals surface area (Å²) in [6, 6.07) is 0.550. The fourth-order valence-corrected chi connectivity index (χ4v) is 2.74. The molecular formula is C13H25N3O2. The average Bonchev–Trinajstić information content (AvgIpc) is 2.93. The van der Waals surface area contributed by atoms with Gasteiger partial charge in [-0.15, -0.1) is 0 Å². The maximum Gasteiger partial charge on any atom is 0.239 e. The van der Waals surface area contributed by atoms with Crippen molar-refractivity contribution in [1.29, 1.82) is 0 Å². The van der Waals surface area contributed by atoms with Gasteiger partial charge in [0.1, 0.15) is 6.04 Å². The number of nitrogens with zero attached hydrogens (tertiary/aromatic N) is 1. The van der Waals surface area contributed by atoms with Crippen molar-refractivity contribution in [2.24, 2.45) is 0 Å². The molecule has 2 rings (SSSR count). The molecule has 1 atom stereocenters. The molecule has 2 fully saturated rings. The number of amides is 1. The Morgan fingerprint density at radius 1 is 1.44 bits per heavy atom. The summed E-state index contributed by atoms with van der Waals surface area (Å²) in [7, 11) is 2.16. The van der Waals surface area contributed by atoms with Crippen molar-refractivity contribution in [1.82, 2.24) is 15.5 Å². The zero-order chi connectivity index (χ0) is 12.8. The summed E-state index contributed by atoms with van der Waals surface area (Å²) in [5.41, 5.74) is 0. The Labute approximate surface area is 109 Å². The van der Waals surface area contributed by atoms with Crippen LogP contribution in [-0.2, 0) is 9.53 Å². The standard InChI is InChI=1S/C13H25N3O2/c1-16(11-4-2-3-5-11)8-6-15-13(17)12-10-18-9-7-14-12/h11-12,14H,2-10H2,1H3,(H,15,17). The summed E-state index contributed by atoms with van der Waals surface area (Å²) in [4.78, 5) is 14.2. The van der Waals surface area contributed by atoms with Gasteiger partial charge in [-0.3, -0.25) is 4.79 Å². The van der Waals surface area contributed by atoms with E-state index < -0.39 is 0 Å². The Morgan fingerprint density at radius 3 is 2.89 bits per heavy atom. The fourth-order valence-electron chi connectivity index (χ4n) is 2.74. The first-order valence-electron chi connectivity index (χ1n) is 7.06. The van der Waals surface area contributed by atoms with Crippen molar-refractivity contribution in [2.45, 2.75) is 37.8 Å². The molecule has 0 aromatic carbocycles. The van der Waals surface area contributed by atoms with Crippen molar-refractivity contribution in [3.8, 4) is 0 Å². The van der Waals surface area contributed by atoms with Crippen LogP contribution >= 0.6 is 0 Å². The van der Waals surface area contributed by atoms with Gasteiger partial charge in [-0.25, -0.2) is 0 Å². The van der Waals surface area contributed by atoms with Crippen LogP contribution < -0.4 is 10.6 Å². The first-order valence-corrected chi connectivity index (χ1v) is 7.06. The second-order valence-electron chi connectivity index (χ2n) is 5.29. The molecule has 0 radical (unpaired) electrons. The molecule has 2 N–H and O–H groups in total. The fraction of sp³-hybridized carbons (Fsp3) is 0.923. The number of nitrogens with one attached hydrogen (secondary N) is 2. The van der Waals surface area contributed by atoms with Crippen LogP contribution in [-0.4, -0.2) is 62.8 Å². The van der Waals surface area contributed by atoms with Gasteiger partial charge in [0.2, 0.25) is 5.91 Å². The maximum absolute atomic E-state index is 11.8.